The number of rotatable bonds is 4. The molecule has 4 heterocycles. The number of piperazine rings is 1. The number of hydrogen-bond donors (Lipinski definition) is 1. The summed E-state index contributed by atoms with van der Waals surface area (Å²) in [6.07, 6.45) is 1.53. The minimum atomic E-state index is 0.453. The highest BCUT2D eigenvalue weighted by molar-refractivity contribution is 6.30. The number of hydrogen-bond acceptors (Lipinski definition) is 9. The second-order valence-corrected chi connectivity index (χ2v) is 7.52. The summed E-state index contributed by atoms with van der Waals surface area (Å²) in [5.74, 6) is 2.50. The third kappa shape index (κ3) is 3.77. The Bertz CT molecular complexity index is 1170. The second-order valence-electron chi connectivity index (χ2n) is 7.09. The molecule has 0 unspecified atom stereocenters. The summed E-state index contributed by atoms with van der Waals surface area (Å²) < 4.78 is 5.44. The molecule has 0 radical (unpaired) electrons. The molecule has 1 fully saturated rings. The summed E-state index contributed by atoms with van der Waals surface area (Å²) >= 11 is 5.94. The Hall–Kier alpha value is -3.30. The second kappa shape index (κ2) is 7.85. The fourth-order valence-electron chi connectivity index (χ4n) is 3.54. The van der Waals surface area contributed by atoms with Gasteiger partial charge in [0.05, 0.1) is 11.9 Å². The maximum absolute atomic E-state index is 5.94. The first-order chi connectivity index (χ1) is 14.7. The number of nitrogen functional groups attached to an aromatic ring is 1. The normalized spacial score (nSPS) is 15.0. The van der Waals surface area contributed by atoms with E-state index in [9.17, 15) is 0 Å². The van der Waals surface area contributed by atoms with E-state index in [1.165, 1.54) is 6.33 Å². The molecule has 2 N–H and O–H groups in total. The van der Waals surface area contributed by atoms with E-state index in [2.05, 4.69) is 34.9 Å². The molecule has 10 heteroatoms. The lowest BCUT2D eigenvalue weighted by Crippen LogP contribution is -2.46. The molecule has 1 saturated heterocycles. The van der Waals surface area contributed by atoms with Gasteiger partial charge in [-0.15, -0.1) is 0 Å². The van der Waals surface area contributed by atoms with Crippen molar-refractivity contribution < 1.29 is 4.52 Å². The van der Waals surface area contributed by atoms with Gasteiger partial charge in [0.1, 0.15) is 18.0 Å². The molecule has 3 aromatic heterocycles. The molecule has 152 valence electrons. The molecule has 0 amide bonds. The average Bonchev–Trinajstić information content (AvgIpc) is 3.22. The van der Waals surface area contributed by atoms with Crippen LogP contribution in [0.2, 0.25) is 5.02 Å². The highest BCUT2D eigenvalue weighted by Crippen LogP contribution is 2.24. The van der Waals surface area contributed by atoms with Crippen molar-refractivity contribution >= 4 is 34.3 Å². The van der Waals surface area contributed by atoms with Crippen molar-refractivity contribution in [3.63, 3.8) is 0 Å². The standard InChI is InChI=1S/C20H19ClN8O/c21-14-3-1-13(2-4-14)18-26-17(30-27-18)11-28-7-9-29(10-8-28)20-15-5-6-16(22)25-19(15)23-12-24-20/h1-6,12H,7-11H2,(H2,22,23,24,25). The van der Waals surface area contributed by atoms with Crippen LogP contribution in [0.1, 0.15) is 5.89 Å². The van der Waals surface area contributed by atoms with Gasteiger partial charge in [0.2, 0.25) is 11.7 Å². The average molecular weight is 423 g/mol. The summed E-state index contributed by atoms with van der Waals surface area (Å²) in [6.45, 7) is 3.97. The zero-order chi connectivity index (χ0) is 20.5. The van der Waals surface area contributed by atoms with Crippen LogP contribution in [0.3, 0.4) is 0 Å². The zero-order valence-electron chi connectivity index (χ0n) is 16.1. The highest BCUT2D eigenvalue weighted by atomic mass is 35.5. The third-order valence-electron chi connectivity index (χ3n) is 5.10. The van der Waals surface area contributed by atoms with Crippen molar-refractivity contribution in [1.82, 2.24) is 30.0 Å². The van der Waals surface area contributed by atoms with Gasteiger partial charge in [0.15, 0.2) is 5.65 Å². The van der Waals surface area contributed by atoms with Gasteiger partial charge in [-0.25, -0.2) is 15.0 Å². The van der Waals surface area contributed by atoms with Gasteiger partial charge in [-0.1, -0.05) is 16.8 Å². The largest absolute Gasteiger partial charge is 0.384 e. The molecule has 1 aliphatic heterocycles. The molecule has 0 bridgehead atoms. The van der Waals surface area contributed by atoms with Gasteiger partial charge in [-0.3, -0.25) is 4.90 Å². The Kier molecular flexibility index (Phi) is 4.89. The first kappa shape index (κ1) is 18.7. The van der Waals surface area contributed by atoms with Crippen LogP contribution in [0.25, 0.3) is 22.4 Å². The lowest BCUT2D eigenvalue weighted by atomic mass is 10.2. The molecule has 4 aromatic rings. The molecule has 30 heavy (non-hydrogen) atoms. The molecule has 5 rings (SSSR count). The van der Waals surface area contributed by atoms with Crippen LogP contribution in [-0.2, 0) is 6.54 Å². The van der Waals surface area contributed by atoms with E-state index in [-0.39, 0.29) is 0 Å². The number of anilines is 2. The predicted molar refractivity (Wildman–Crippen MR) is 114 cm³/mol. The molecule has 1 aliphatic rings. The van der Waals surface area contributed by atoms with Crippen LogP contribution in [0.5, 0.6) is 0 Å². The van der Waals surface area contributed by atoms with Crippen molar-refractivity contribution in [2.75, 3.05) is 36.8 Å². The quantitative estimate of drug-likeness (QED) is 0.530. The smallest absolute Gasteiger partial charge is 0.241 e. The predicted octanol–water partition coefficient (Wildman–Crippen LogP) is 2.63. The van der Waals surface area contributed by atoms with E-state index in [1.54, 1.807) is 6.07 Å². The summed E-state index contributed by atoms with van der Waals surface area (Å²) in [5.41, 5.74) is 7.26. The summed E-state index contributed by atoms with van der Waals surface area (Å²) in [7, 11) is 0. The number of pyridine rings is 1. The Morgan fingerprint density at radius 3 is 2.57 bits per heavy atom. The van der Waals surface area contributed by atoms with E-state index < -0.39 is 0 Å². The summed E-state index contributed by atoms with van der Waals surface area (Å²) in [6, 6.07) is 11.1. The number of nitrogens with two attached hydrogens (primary N) is 1. The van der Waals surface area contributed by atoms with Crippen LogP contribution >= 0.6 is 11.6 Å². The summed E-state index contributed by atoms with van der Waals surface area (Å²) in [4.78, 5) is 22.0. The topological polar surface area (TPSA) is 110 Å². The molecule has 0 atom stereocenters. The maximum atomic E-state index is 5.94. The number of benzene rings is 1. The van der Waals surface area contributed by atoms with Crippen LogP contribution in [0.4, 0.5) is 11.6 Å². The molecule has 0 saturated carbocycles. The molecule has 0 aliphatic carbocycles. The lowest BCUT2D eigenvalue weighted by Gasteiger charge is -2.34. The van der Waals surface area contributed by atoms with E-state index in [0.29, 0.717) is 34.7 Å². The first-order valence-electron chi connectivity index (χ1n) is 9.59. The Morgan fingerprint density at radius 2 is 1.77 bits per heavy atom. The minimum absolute atomic E-state index is 0.453. The van der Waals surface area contributed by atoms with Crippen molar-refractivity contribution in [2.24, 2.45) is 0 Å². The van der Waals surface area contributed by atoms with Gasteiger partial charge in [-0.2, -0.15) is 4.98 Å². The van der Waals surface area contributed by atoms with Gasteiger partial charge >= 0.3 is 0 Å². The molecule has 0 spiro atoms. The Morgan fingerprint density at radius 1 is 0.967 bits per heavy atom. The van der Waals surface area contributed by atoms with E-state index in [4.69, 9.17) is 21.9 Å². The fraction of sp³-hybridized carbons (Fsp3) is 0.250. The number of halogens is 1. The number of aromatic nitrogens is 5. The summed E-state index contributed by atoms with van der Waals surface area (Å²) in [5, 5.41) is 5.67. The minimum Gasteiger partial charge on any atom is -0.384 e. The van der Waals surface area contributed by atoms with Crippen LogP contribution in [0.15, 0.2) is 47.2 Å². The van der Waals surface area contributed by atoms with Gasteiger partial charge < -0.3 is 15.2 Å². The highest BCUT2D eigenvalue weighted by Gasteiger charge is 2.22. The first-order valence-corrected chi connectivity index (χ1v) is 9.96. The van der Waals surface area contributed by atoms with E-state index in [1.807, 2.05) is 30.3 Å². The van der Waals surface area contributed by atoms with Crippen LogP contribution in [0, 0.1) is 0 Å². The molecular formula is C20H19ClN8O. The van der Waals surface area contributed by atoms with Crippen molar-refractivity contribution in [2.45, 2.75) is 6.54 Å². The molecule has 1 aromatic carbocycles. The molecule has 9 nitrogen and oxygen atoms in total. The zero-order valence-corrected chi connectivity index (χ0v) is 16.8. The van der Waals surface area contributed by atoms with Crippen LogP contribution in [-0.4, -0.2) is 56.2 Å². The lowest BCUT2D eigenvalue weighted by molar-refractivity contribution is 0.215. The van der Waals surface area contributed by atoms with Crippen LogP contribution < -0.4 is 10.6 Å². The molecular weight excluding hydrogens is 404 g/mol. The fourth-order valence-corrected chi connectivity index (χ4v) is 3.67. The van der Waals surface area contributed by atoms with Crippen molar-refractivity contribution in [1.29, 1.82) is 0 Å². The van der Waals surface area contributed by atoms with Crippen molar-refractivity contribution in [3.8, 4) is 11.4 Å². The van der Waals surface area contributed by atoms with Gasteiger partial charge in [0, 0.05) is 36.8 Å². The Balaban J connectivity index is 1.24. The van der Waals surface area contributed by atoms with Crippen molar-refractivity contribution in [3.05, 3.63) is 53.6 Å². The Labute approximate surface area is 177 Å². The van der Waals surface area contributed by atoms with Gasteiger partial charge in [-0.05, 0) is 36.4 Å². The van der Waals surface area contributed by atoms with Gasteiger partial charge in [0.25, 0.3) is 0 Å². The number of fused-ring (bicyclic) bond motifs is 1. The maximum Gasteiger partial charge on any atom is 0.241 e. The van der Waals surface area contributed by atoms with E-state index in [0.717, 1.165) is 42.9 Å². The number of nitrogens with zero attached hydrogens (tertiary/aromatic N) is 7. The monoisotopic (exact) mass is 422 g/mol. The SMILES string of the molecule is Nc1ccc2c(N3CCN(Cc4nc(-c5ccc(Cl)cc5)no4)CC3)ncnc2n1. The van der Waals surface area contributed by atoms with E-state index >= 15 is 0 Å². The third-order valence-corrected chi connectivity index (χ3v) is 5.35.